The molecule has 0 amide bonds. The van der Waals surface area contributed by atoms with Crippen molar-refractivity contribution < 1.29 is 19.4 Å². The fourth-order valence-electron chi connectivity index (χ4n) is 2.88. The lowest BCUT2D eigenvalue weighted by Gasteiger charge is -2.13. The average molecular weight is 389 g/mol. The number of carboxylic acids is 1. The molecule has 0 aliphatic heterocycles. The van der Waals surface area contributed by atoms with Gasteiger partial charge in [-0.1, -0.05) is 29.8 Å². The van der Waals surface area contributed by atoms with Gasteiger partial charge in [0, 0.05) is 12.1 Å². The van der Waals surface area contributed by atoms with Crippen molar-refractivity contribution in [2.45, 2.75) is 27.4 Å². The molecule has 1 N–H and O–H groups in total. The number of ether oxygens (including phenoxy) is 2. The van der Waals surface area contributed by atoms with Gasteiger partial charge in [-0.05, 0) is 67.3 Å². The summed E-state index contributed by atoms with van der Waals surface area (Å²) in [5.74, 6) is 0.862. The molecule has 5 nitrogen and oxygen atoms in total. The minimum Gasteiger partial charge on any atom is -0.487 e. The van der Waals surface area contributed by atoms with Gasteiger partial charge in [-0.3, -0.25) is 0 Å². The van der Waals surface area contributed by atoms with E-state index in [-0.39, 0.29) is 0 Å². The summed E-state index contributed by atoms with van der Waals surface area (Å²) in [7, 11) is 0. The van der Waals surface area contributed by atoms with Crippen LogP contribution in [0, 0.1) is 20.8 Å². The van der Waals surface area contributed by atoms with Gasteiger partial charge in [-0.15, -0.1) is 0 Å². The van der Waals surface area contributed by atoms with Gasteiger partial charge in [0.15, 0.2) is 0 Å². The quantitative estimate of drug-likeness (QED) is 0.542. The molecule has 0 unspecified atom stereocenters. The second kappa shape index (κ2) is 9.06. The van der Waals surface area contributed by atoms with Gasteiger partial charge in [0.2, 0.25) is 5.88 Å². The van der Waals surface area contributed by atoms with E-state index in [1.807, 2.05) is 44.2 Å². The number of nitrogens with zero attached hydrogens (tertiary/aromatic N) is 1. The molecule has 0 saturated carbocycles. The van der Waals surface area contributed by atoms with Crippen molar-refractivity contribution >= 4 is 12.0 Å². The Morgan fingerprint density at radius 1 is 1.03 bits per heavy atom. The molecule has 0 aliphatic rings. The van der Waals surface area contributed by atoms with Crippen molar-refractivity contribution in [3.8, 4) is 17.4 Å². The number of carbonyl (C=O) groups is 1. The number of pyridine rings is 1. The van der Waals surface area contributed by atoms with E-state index in [0.29, 0.717) is 24.0 Å². The summed E-state index contributed by atoms with van der Waals surface area (Å²) in [5.41, 5.74) is 4.92. The molecule has 148 valence electrons. The molecule has 0 bridgehead atoms. The first kappa shape index (κ1) is 20.1. The van der Waals surface area contributed by atoms with Gasteiger partial charge in [-0.2, -0.15) is 0 Å². The Kier molecular flexibility index (Phi) is 6.29. The zero-order valence-electron chi connectivity index (χ0n) is 16.7. The summed E-state index contributed by atoms with van der Waals surface area (Å²) in [4.78, 5) is 15.0. The van der Waals surface area contributed by atoms with Crippen LogP contribution < -0.4 is 9.47 Å². The maximum atomic E-state index is 10.7. The summed E-state index contributed by atoms with van der Waals surface area (Å²) in [6.07, 6.45) is 4.31. The van der Waals surface area contributed by atoms with Crippen molar-refractivity contribution in [2.75, 3.05) is 0 Å². The fourth-order valence-corrected chi connectivity index (χ4v) is 2.88. The van der Waals surface area contributed by atoms with E-state index < -0.39 is 5.97 Å². The van der Waals surface area contributed by atoms with E-state index in [1.165, 1.54) is 5.56 Å². The first-order valence-electron chi connectivity index (χ1n) is 9.25. The number of hydrogen-bond acceptors (Lipinski definition) is 4. The van der Waals surface area contributed by atoms with Crippen LogP contribution in [0.3, 0.4) is 0 Å². The highest BCUT2D eigenvalue weighted by Crippen LogP contribution is 2.30. The molecule has 1 aromatic heterocycles. The van der Waals surface area contributed by atoms with Crippen LogP contribution in [0.5, 0.6) is 17.4 Å². The molecule has 0 saturated heterocycles. The van der Waals surface area contributed by atoms with Crippen molar-refractivity contribution in [3.05, 3.63) is 88.6 Å². The maximum Gasteiger partial charge on any atom is 0.328 e. The van der Waals surface area contributed by atoms with Crippen molar-refractivity contribution in [2.24, 2.45) is 0 Å². The number of aryl methyl sites for hydroxylation is 3. The van der Waals surface area contributed by atoms with E-state index >= 15 is 0 Å². The van der Waals surface area contributed by atoms with Crippen LogP contribution in [0.2, 0.25) is 0 Å². The van der Waals surface area contributed by atoms with Gasteiger partial charge < -0.3 is 14.6 Å². The molecule has 0 spiro atoms. The van der Waals surface area contributed by atoms with Crippen LogP contribution in [-0.2, 0) is 11.4 Å². The predicted octanol–water partition coefficient (Wildman–Crippen LogP) is 5.48. The van der Waals surface area contributed by atoms with E-state index in [1.54, 1.807) is 18.3 Å². The Labute approximate surface area is 170 Å². The number of hydrogen-bond donors (Lipinski definition) is 1. The predicted molar refractivity (Wildman–Crippen MR) is 112 cm³/mol. The largest absolute Gasteiger partial charge is 0.487 e. The molecule has 3 rings (SSSR count). The Morgan fingerprint density at radius 2 is 1.72 bits per heavy atom. The smallest absolute Gasteiger partial charge is 0.328 e. The first-order chi connectivity index (χ1) is 13.9. The molecular weight excluding hydrogens is 366 g/mol. The molecule has 2 aromatic carbocycles. The van der Waals surface area contributed by atoms with E-state index in [9.17, 15) is 4.79 Å². The fraction of sp³-hybridized carbons (Fsp3) is 0.167. The van der Waals surface area contributed by atoms with Crippen LogP contribution in [0.1, 0.15) is 27.8 Å². The summed E-state index contributed by atoms with van der Waals surface area (Å²) in [5, 5.41) is 8.77. The monoisotopic (exact) mass is 389 g/mol. The highest BCUT2D eigenvalue weighted by Gasteiger charge is 2.08. The highest BCUT2D eigenvalue weighted by atomic mass is 16.5. The Bertz CT molecular complexity index is 999. The summed E-state index contributed by atoms with van der Waals surface area (Å²) < 4.78 is 11.7. The Balaban J connectivity index is 1.66. The average Bonchev–Trinajstić information content (AvgIpc) is 2.69. The molecule has 0 fully saturated rings. The molecule has 0 atom stereocenters. The van der Waals surface area contributed by atoms with Gasteiger partial charge in [0.05, 0.1) is 6.20 Å². The normalized spacial score (nSPS) is 10.9. The highest BCUT2D eigenvalue weighted by molar-refractivity contribution is 5.85. The SMILES string of the molecule is Cc1ccc(COc2ccc(Oc3c(C)cc(/C=C/C(=O)O)cc3C)nc2)cc1. The van der Waals surface area contributed by atoms with Crippen LogP contribution in [0.25, 0.3) is 6.08 Å². The number of benzene rings is 2. The molecule has 5 heteroatoms. The third-order valence-corrected chi connectivity index (χ3v) is 4.34. The van der Waals surface area contributed by atoms with Gasteiger partial charge in [-0.25, -0.2) is 9.78 Å². The molecule has 3 aromatic rings. The van der Waals surface area contributed by atoms with Crippen LogP contribution >= 0.6 is 0 Å². The standard InChI is InChI=1S/C24H23NO4/c1-16-4-6-19(7-5-16)15-28-21-9-10-22(25-14-21)29-24-17(2)12-20(13-18(24)3)8-11-23(26)27/h4-14H,15H2,1-3H3,(H,26,27)/b11-8+. The van der Waals surface area contributed by atoms with Gasteiger partial charge in [0.1, 0.15) is 18.1 Å². The summed E-state index contributed by atoms with van der Waals surface area (Å²) in [6.45, 7) is 6.36. The van der Waals surface area contributed by atoms with Crippen molar-refractivity contribution in [3.63, 3.8) is 0 Å². The van der Waals surface area contributed by atoms with Gasteiger partial charge >= 0.3 is 5.97 Å². The number of aliphatic carboxylic acids is 1. The second-order valence-electron chi connectivity index (χ2n) is 6.86. The van der Waals surface area contributed by atoms with E-state index in [4.69, 9.17) is 14.6 Å². The number of rotatable bonds is 7. The van der Waals surface area contributed by atoms with Crippen molar-refractivity contribution in [1.29, 1.82) is 0 Å². The van der Waals surface area contributed by atoms with Crippen LogP contribution in [0.15, 0.2) is 60.8 Å². The summed E-state index contributed by atoms with van der Waals surface area (Å²) >= 11 is 0. The van der Waals surface area contributed by atoms with Crippen LogP contribution in [0.4, 0.5) is 0 Å². The molecular formula is C24H23NO4. The zero-order chi connectivity index (χ0) is 20.8. The number of aromatic nitrogens is 1. The minimum atomic E-state index is -0.977. The molecule has 0 aliphatic carbocycles. The zero-order valence-corrected chi connectivity index (χ0v) is 16.7. The molecule has 29 heavy (non-hydrogen) atoms. The topological polar surface area (TPSA) is 68.7 Å². The van der Waals surface area contributed by atoms with Crippen LogP contribution in [-0.4, -0.2) is 16.1 Å². The lowest BCUT2D eigenvalue weighted by Crippen LogP contribution is -1.97. The number of carboxylic acid groups (broad SMARTS) is 1. The second-order valence-corrected chi connectivity index (χ2v) is 6.86. The summed E-state index contributed by atoms with van der Waals surface area (Å²) in [6, 6.07) is 15.5. The lowest BCUT2D eigenvalue weighted by atomic mass is 10.1. The lowest BCUT2D eigenvalue weighted by molar-refractivity contribution is -0.131. The molecule has 0 radical (unpaired) electrons. The maximum absolute atomic E-state index is 10.7. The van der Waals surface area contributed by atoms with Gasteiger partial charge in [0.25, 0.3) is 0 Å². The Hall–Kier alpha value is -3.60. The molecule has 1 heterocycles. The third-order valence-electron chi connectivity index (χ3n) is 4.34. The minimum absolute atomic E-state index is 0.465. The van der Waals surface area contributed by atoms with E-state index in [0.717, 1.165) is 28.3 Å². The van der Waals surface area contributed by atoms with E-state index in [2.05, 4.69) is 24.0 Å². The Morgan fingerprint density at radius 3 is 2.31 bits per heavy atom. The first-order valence-corrected chi connectivity index (χ1v) is 9.25. The van der Waals surface area contributed by atoms with Crippen molar-refractivity contribution in [1.82, 2.24) is 4.98 Å². The third kappa shape index (κ3) is 5.69.